The maximum Gasteiger partial charge on any atom is 0.122 e. The fourth-order valence-corrected chi connectivity index (χ4v) is 1.75. The van der Waals surface area contributed by atoms with Gasteiger partial charge in [0.05, 0.1) is 12.6 Å². The quantitative estimate of drug-likeness (QED) is 0.702. The van der Waals surface area contributed by atoms with E-state index in [9.17, 15) is 5.11 Å². The van der Waals surface area contributed by atoms with E-state index in [2.05, 4.69) is 14.5 Å². The molecule has 0 aliphatic carbocycles. The molecule has 2 rings (SSSR count). The zero-order valence-corrected chi connectivity index (χ0v) is 7.85. The molecule has 1 aromatic heterocycles. The standard InChI is InChI=1S/C9H15N3O/c1-8(13)6-11-4-5-12-3-2-10-9(12)7-11/h2-3,8,13H,4-7H2,1H3/t8-/m1/s1. The molecule has 72 valence electrons. The van der Waals surface area contributed by atoms with Crippen LogP contribution in [0.4, 0.5) is 0 Å². The molecule has 0 unspecified atom stereocenters. The Bertz CT molecular complexity index is 282. The Labute approximate surface area is 77.8 Å². The SMILES string of the molecule is C[C@@H](O)CN1CCn2ccnc2C1. The van der Waals surface area contributed by atoms with Crippen molar-refractivity contribution in [1.29, 1.82) is 0 Å². The van der Waals surface area contributed by atoms with Crippen molar-refractivity contribution in [2.75, 3.05) is 13.1 Å². The summed E-state index contributed by atoms with van der Waals surface area (Å²) in [5.41, 5.74) is 0. The van der Waals surface area contributed by atoms with Gasteiger partial charge in [0.1, 0.15) is 5.82 Å². The van der Waals surface area contributed by atoms with Crippen molar-refractivity contribution in [3.63, 3.8) is 0 Å². The monoisotopic (exact) mass is 181 g/mol. The molecule has 0 amide bonds. The summed E-state index contributed by atoms with van der Waals surface area (Å²) in [6, 6.07) is 0. The Morgan fingerprint density at radius 1 is 1.62 bits per heavy atom. The lowest BCUT2D eigenvalue weighted by Crippen LogP contribution is -2.37. The highest BCUT2D eigenvalue weighted by atomic mass is 16.3. The maximum absolute atomic E-state index is 9.23. The largest absolute Gasteiger partial charge is 0.392 e. The summed E-state index contributed by atoms with van der Waals surface area (Å²) in [5.74, 6) is 1.10. The molecule has 0 aromatic carbocycles. The molecule has 1 N–H and O–H groups in total. The third kappa shape index (κ3) is 1.89. The first-order valence-electron chi connectivity index (χ1n) is 4.66. The van der Waals surface area contributed by atoms with Crippen LogP contribution in [0.2, 0.25) is 0 Å². The molecule has 13 heavy (non-hydrogen) atoms. The number of aliphatic hydroxyl groups excluding tert-OH is 1. The number of imidazole rings is 1. The average Bonchev–Trinajstić information content (AvgIpc) is 2.49. The van der Waals surface area contributed by atoms with Crippen LogP contribution in [-0.4, -0.2) is 38.8 Å². The molecule has 4 nitrogen and oxygen atoms in total. The lowest BCUT2D eigenvalue weighted by atomic mass is 10.3. The maximum atomic E-state index is 9.23. The molecule has 0 saturated carbocycles. The van der Waals surface area contributed by atoms with E-state index >= 15 is 0 Å². The molecular weight excluding hydrogens is 166 g/mol. The molecular formula is C9H15N3O. The first-order valence-corrected chi connectivity index (χ1v) is 4.66. The topological polar surface area (TPSA) is 41.3 Å². The van der Waals surface area contributed by atoms with Crippen LogP contribution in [0.5, 0.6) is 0 Å². The number of aromatic nitrogens is 2. The number of rotatable bonds is 2. The number of fused-ring (bicyclic) bond motifs is 1. The molecule has 2 heterocycles. The fraction of sp³-hybridized carbons (Fsp3) is 0.667. The Hall–Kier alpha value is -0.870. The van der Waals surface area contributed by atoms with Crippen LogP contribution < -0.4 is 0 Å². The number of nitrogens with zero attached hydrogens (tertiary/aromatic N) is 3. The predicted octanol–water partition coefficient (Wildman–Crippen LogP) is 0.0795. The van der Waals surface area contributed by atoms with Gasteiger partial charge in [0, 0.05) is 32.0 Å². The van der Waals surface area contributed by atoms with Crippen LogP contribution in [0.25, 0.3) is 0 Å². The van der Waals surface area contributed by atoms with Crippen LogP contribution in [-0.2, 0) is 13.1 Å². The summed E-state index contributed by atoms with van der Waals surface area (Å²) < 4.78 is 2.17. The summed E-state index contributed by atoms with van der Waals surface area (Å²) >= 11 is 0. The average molecular weight is 181 g/mol. The van der Waals surface area contributed by atoms with Crippen LogP contribution in [0.3, 0.4) is 0 Å². The van der Waals surface area contributed by atoms with Gasteiger partial charge in [-0.2, -0.15) is 0 Å². The second-order valence-electron chi connectivity index (χ2n) is 3.62. The van der Waals surface area contributed by atoms with Crippen LogP contribution in [0, 0.1) is 0 Å². The van der Waals surface area contributed by atoms with E-state index in [0.29, 0.717) is 0 Å². The predicted molar refractivity (Wildman–Crippen MR) is 49.2 cm³/mol. The van der Waals surface area contributed by atoms with E-state index in [1.54, 1.807) is 0 Å². The number of β-amino-alcohol motifs (C(OH)–C–C–N with tert-alkyl or cyclic N) is 1. The zero-order valence-electron chi connectivity index (χ0n) is 7.85. The fourth-order valence-electron chi connectivity index (χ4n) is 1.75. The van der Waals surface area contributed by atoms with Crippen molar-refractivity contribution in [2.45, 2.75) is 26.1 Å². The van der Waals surface area contributed by atoms with Crippen molar-refractivity contribution < 1.29 is 5.11 Å². The minimum atomic E-state index is -0.249. The van der Waals surface area contributed by atoms with Crippen molar-refractivity contribution in [2.24, 2.45) is 0 Å². The second kappa shape index (κ2) is 3.47. The third-order valence-corrected chi connectivity index (χ3v) is 2.35. The highest BCUT2D eigenvalue weighted by Gasteiger charge is 2.16. The Morgan fingerprint density at radius 2 is 2.46 bits per heavy atom. The first kappa shape index (κ1) is 8.72. The minimum absolute atomic E-state index is 0.249. The van der Waals surface area contributed by atoms with E-state index in [4.69, 9.17) is 0 Å². The highest BCUT2D eigenvalue weighted by Crippen LogP contribution is 2.09. The van der Waals surface area contributed by atoms with Crippen molar-refractivity contribution in [1.82, 2.24) is 14.5 Å². The molecule has 1 aliphatic heterocycles. The minimum Gasteiger partial charge on any atom is -0.392 e. The van der Waals surface area contributed by atoms with Gasteiger partial charge in [-0.15, -0.1) is 0 Å². The Kier molecular flexibility index (Phi) is 2.33. The normalized spacial score (nSPS) is 19.8. The summed E-state index contributed by atoms with van der Waals surface area (Å²) in [6.07, 6.45) is 3.59. The van der Waals surface area contributed by atoms with E-state index < -0.39 is 0 Å². The summed E-state index contributed by atoms with van der Waals surface area (Å²) in [7, 11) is 0. The number of aliphatic hydroxyl groups is 1. The van der Waals surface area contributed by atoms with Crippen LogP contribution in [0.15, 0.2) is 12.4 Å². The summed E-state index contributed by atoms with van der Waals surface area (Å²) in [5, 5.41) is 9.23. The number of hydrogen-bond acceptors (Lipinski definition) is 3. The molecule has 0 spiro atoms. The summed E-state index contributed by atoms with van der Waals surface area (Å²) in [6.45, 7) is 5.42. The van der Waals surface area contributed by atoms with Crippen LogP contribution >= 0.6 is 0 Å². The lowest BCUT2D eigenvalue weighted by molar-refractivity contribution is 0.108. The summed E-state index contributed by atoms with van der Waals surface area (Å²) in [4.78, 5) is 6.48. The van der Waals surface area contributed by atoms with E-state index in [-0.39, 0.29) is 6.10 Å². The molecule has 4 heteroatoms. The molecule has 0 radical (unpaired) electrons. The number of hydrogen-bond donors (Lipinski definition) is 1. The molecule has 1 aromatic rings. The van der Waals surface area contributed by atoms with E-state index in [0.717, 1.165) is 32.0 Å². The van der Waals surface area contributed by atoms with Crippen LogP contribution in [0.1, 0.15) is 12.7 Å². The molecule has 0 saturated heterocycles. The highest BCUT2D eigenvalue weighted by molar-refractivity contribution is 4.95. The van der Waals surface area contributed by atoms with Crippen molar-refractivity contribution in [3.8, 4) is 0 Å². The van der Waals surface area contributed by atoms with Gasteiger partial charge in [-0.1, -0.05) is 0 Å². The lowest BCUT2D eigenvalue weighted by Gasteiger charge is -2.28. The van der Waals surface area contributed by atoms with Gasteiger partial charge in [-0.25, -0.2) is 4.98 Å². The third-order valence-electron chi connectivity index (χ3n) is 2.35. The molecule has 0 bridgehead atoms. The second-order valence-corrected chi connectivity index (χ2v) is 3.62. The van der Waals surface area contributed by atoms with E-state index in [1.165, 1.54) is 0 Å². The van der Waals surface area contributed by atoms with Gasteiger partial charge in [0.15, 0.2) is 0 Å². The van der Waals surface area contributed by atoms with Gasteiger partial charge in [0.2, 0.25) is 0 Å². The zero-order chi connectivity index (χ0) is 9.26. The van der Waals surface area contributed by atoms with Gasteiger partial charge in [-0.3, -0.25) is 4.90 Å². The first-order chi connectivity index (χ1) is 6.25. The Morgan fingerprint density at radius 3 is 3.23 bits per heavy atom. The van der Waals surface area contributed by atoms with Gasteiger partial charge in [0.25, 0.3) is 0 Å². The molecule has 1 atom stereocenters. The van der Waals surface area contributed by atoms with Crippen molar-refractivity contribution in [3.05, 3.63) is 18.2 Å². The smallest absolute Gasteiger partial charge is 0.122 e. The van der Waals surface area contributed by atoms with Gasteiger partial charge >= 0.3 is 0 Å². The Balaban J connectivity index is 2.00. The van der Waals surface area contributed by atoms with E-state index in [1.807, 2.05) is 19.3 Å². The molecule has 0 fully saturated rings. The van der Waals surface area contributed by atoms with Crippen molar-refractivity contribution >= 4 is 0 Å². The van der Waals surface area contributed by atoms with Gasteiger partial charge in [-0.05, 0) is 6.92 Å². The molecule has 1 aliphatic rings. The van der Waals surface area contributed by atoms with Gasteiger partial charge < -0.3 is 9.67 Å².